The lowest BCUT2D eigenvalue weighted by Gasteiger charge is -2.08. The van der Waals surface area contributed by atoms with Crippen LogP contribution in [0.4, 0.5) is 5.69 Å². The molecule has 0 unspecified atom stereocenters. The van der Waals surface area contributed by atoms with Crippen LogP contribution in [-0.4, -0.2) is 28.2 Å². The zero-order valence-corrected chi connectivity index (χ0v) is 18.1. The summed E-state index contributed by atoms with van der Waals surface area (Å²) < 4.78 is 5.41. The van der Waals surface area contributed by atoms with Crippen LogP contribution in [0.3, 0.4) is 0 Å². The summed E-state index contributed by atoms with van der Waals surface area (Å²) in [7, 11) is 0. The Labute approximate surface area is 179 Å². The number of benzene rings is 2. The number of aryl methyl sites for hydroxylation is 1. The molecule has 0 aliphatic carbocycles. The first-order valence-electron chi connectivity index (χ1n) is 9.30. The van der Waals surface area contributed by atoms with E-state index in [1.807, 2.05) is 62.4 Å². The second kappa shape index (κ2) is 10.9. The molecule has 5 nitrogen and oxygen atoms in total. The summed E-state index contributed by atoms with van der Waals surface area (Å²) in [4.78, 5) is 21.3. The first-order chi connectivity index (χ1) is 14.1. The summed E-state index contributed by atoms with van der Waals surface area (Å²) >= 11 is 3.00. The van der Waals surface area contributed by atoms with Gasteiger partial charge in [0.25, 0.3) is 0 Å². The quantitative estimate of drug-likeness (QED) is 0.289. The molecule has 0 saturated heterocycles. The molecule has 0 aliphatic heterocycles. The van der Waals surface area contributed by atoms with Crippen LogP contribution in [0, 0.1) is 6.92 Å². The van der Waals surface area contributed by atoms with Gasteiger partial charge in [0.2, 0.25) is 5.91 Å². The Hall–Kier alpha value is -2.51. The number of carbonyl (C=O) groups is 1. The fourth-order valence-corrected chi connectivity index (χ4v) is 4.19. The van der Waals surface area contributed by atoms with E-state index in [-0.39, 0.29) is 11.7 Å². The number of thioether (sulfide) groups is 2. The van der Waals surface area contributed by atoms with Gasteiger partial charge in [-0.05, 0) is 49.7 Å². The predicted octanol–water partition coefficient (Wildman–Crippen LogP) is 5.21. The van der Waals surface area contributed by atoms with Gasteiger partial charge in [-0.3, -0.25) is 4.79 Å². The summed E-state index contributed by atoms with van der Waals surface area (Å²) in [6, 6.07) is 19.5. The molecule has 29 heavy (non-hydrogen) atoms. The Bertz CT molecular complexity index is 935. The maximum atomic E-state index is 12.3. The topological polar surface area (TPSA) is 64.1 Å². The fourth-order valence-electron chi connectivity index (χ4n) is 2.51. The minimum Gasteiger partial charge on any atom is -0.494 e. The van der Waals surface area contributed by atoms with Crippen molar-refractivity contribution in [1.29, 1.82) is 0 Å². The number of rotatable bonds is 9. The Morgan fingerprint density at radius 3 is 2.52 bits per heavy atom. The van der Waals surface area contributed by atoms with Gasteiger partial charge in [-0.2, -0.15) is 0 Å². The predicted molar refractivity (Wildman–Crippen MR) is 120 cm³/mol. The number of ether oxygens (including phenoxy) is 1. The number of nitrogens with one attached hydrogen (secondary N) is 1. The molecule has 0 spiro atoms. The van der Waals surface area contributed by atoms with Gasteiger partial charge >= 0.3 is 0 Å². The molecule has 1 N–H and O–H groups in total. The summed E-state index contributed by atoms with van der Waals surface area (Å²) in [5, 5.41) is 4.42. The maximum Gasteiger partial charge on any atom is 0.234 e. The number of hydrogen-bond acceptors (Lipinski definition) is 6. The maximum absolute atomic E-state index is 12.3. The zero-order valence-electron chi connectivity index (χ0n) is 16.4. The molecule has 1 heterocycles. The van der Waals surface area contributed by atoms with Crippen molar-refractivity contribution >= 4 is 35.1 Å². The van der Waals surface area contributed by atoms with E-state index in [1.54, 1.807) is 11.8 Å². The molecule has 150 valence electrons. The third-order valence-electron chi connectivity index (χ3n) is 3.82. The number of carbonyl (C=O) groups excluding carboxylic acids is 1. The number of aromatic nitrogens is 2. The lowest BCUT2D eigenvalue weighted by atomic mass is 10.2. The van der Waals surface area contributed by atoms with Gasteiger partial charge in [-0.1, -0.05) is 53.9 Å². The van der Waals surface area contributed by atoms with Gasteiger partial charge in [0, 0.05) is 17.1 Å². The minimum absolute atomic E-state index is 0.0751. The number of nitrogens with zero attached hydrogens (tertiary/aromatic N) is 2. The molecule has 0 saturated carbocycles. The van der Waals surface area contributed by atoms with E-state index in [1.165, 1.54) is 17.3 Å². The van der Waals surface area contributed by atoms with Gasteiger partial charge in [0.05, 0.1) is 12.4 Å². The third kappa shape index (κ3) is 7.11. The summed E-state index contributed by atoms with van der Waals surface area (Å²) in [6.07, 6.45) is 0. The second-order valence-electron chi connectivity index (χ2n) is 6.20. The Balaban J connectivity index is 1.52. The molecule has 0 radical (unpaired) electrons. The smallest absolute Gasteiger partial charge is 0.234 e. The van der Waals surface area contributed by atoms with Crippen LogP contribution in [0.15, 0.2) is 70.8 Å². The van der Waals surface area contributed by atoms with Crippen LogP contribution in [0.1, 0.15) is 18.2 Å². The lowest BCUT2D eigenvalue weighted by molar-refractivity contribution is -0.113. The Kier molecular flexibility index (Phi) is 7.95. The molecule has 1 aromatic heterocycles. The number of anilines is 1. The highest BCUT2D eigenvalue weighted by molar-refractivity contribution is 8.00. The van der Waals surface area contributed by atoms with E-state index < -0.39 is 0 Å². The van der Waals surface area contributed by atoms with Crippen molar-refractivity contribution in [2.45, 2.75) is 29.8 Å². The van der Waals surface area contributed by atoms with Crippen molar-refractivity contribution in [2.24, 2.45) is 0 Å². The molecule has 0 fully saturated rings. The van der Waals surface area contributed by atoms with Crippen LogP contribution in [0.25, 0.3) is 0 Å². The summed E-state index contributed by atoms with van der Waals surface area (Å²) in [6.45, 7) is 4.50. The van der Waals surface area contributed by atoms with E-state index in [2.05, 4.69) is 27.4 Å². The van der Waals surface area contributed by atoms with Gasteiger partial charge in [0.15, 0.2) is 5.16 Å². The summed E-state index contributed by atoms with van der Waals surface area (Å²) in [5.41, 5.74) is 2.87. The average Bonchev–Trinajstić information content (AvgIpc) is 2.73. The molecule has 3 aromatic rings. The van der Waals surface area contributed by atoms with Crippen molar-refractivity contribution in [3.63, 3.8) is 0 Å². The van der Waals surface area contributed by atoms with E-state index in [4.69, 9.17) is 4.74 Å². The monoisotopic (exact) mass is 425 g/mol. The van der Waals surface area contributed by atoms with Crippen LogP contribution < -0.4 is 10.1 Å². The molecular weight excluding hydrogens is 402 g/mol. The molecule has 0 atom stereocenters. The number of amides is 1. The number of hydrogen-bond donors (Lipinski definition) is 1. The third-order valence-corrected chi connectivity index (χ3v) is 5.65. The Morgan fingerprint density at radius 2 is 1.79 bits per heavy atom. The van der Waals surface area contributed by atoms with E-state index in [9.17, 15) is 4.79 Å². The van der Waals surface area contributed by atoms with E-state index in [0.717, 1.165) is 33.1 Å². The molecule has 7 heteroatoms. The van der Waals surface area contributed by atoms with Crippen molar-refractivity contribution < 1.29 is 9.53 Å². The van der Waals surface area contributed by atoms with Crippen LogP contribution >= 0.6 is 23.5 Å². The van der Waals surface area contributed by atoms with Crippen LogP contribution in [-0.2, 0) is 10.5 Å². The van der Waals surface area contributed by atoms with Crippen molar-refractivity contribution in [3.05, 3.63) is 71.9 Å². The SMILES string of the molecule is CCOc1ccc(NC(=O)CSc2cc(C)nc(SCc3ccccc3)n2)cc1. The van der Waals surface area contributed by atoms with E-state index in [0.29, 0.717) is 6.61 Å². The minimum atomic E-state index is -0.0751. The van der Waals surface area contributed by atoms with Crippen LogP contribution in [0.5, 0.6) is 5.75 Å². The highest BCUT2D eigenvalue weighted by atomic mass is 32.2. The van der Waals surface area contributed by atoms with Gasteiger partial charge in [-0.15, -0.1) is 0 Å². The molecule has 0 aliphatic rings. The molecule has 3 rings (SSSR count). The highest BCUT2D eigenvalue weighted by Gasteiger charge is 2.08. The van der Waals surface area contributed by atoms with Crippen LogP contribution in [0.2, 0.25) is 0 Å². The summed E-state index contributed by atoms with van der Waals surface area (Å²) in [5.74, 6) is 1.81. The molecule has 1 amide bonds. The highest BCUT2D eigenvalue weighted by Crippen LogP contribution is 2.24. The normalized spacial score (nSPS) is 10.6. The molecule has 2 aromatic carbocycles. The zero-order chi connectivity index (χ0) is 20.5. The fraction of sp³-hybridized carbons (Fsp3) is 0.227. The molecule has 0 bridgehead atoms. The van der Waals surface area contributed by atoms with Crippen molar-refractivity contribution in [2.75, 3.05) is 17.7 Å². The van der Waals surface area contributed by atoms with E-state index >= 15 is 0 Å². The van der Waals surface area contributed by atoms with Crippen molar-refractivity contribution in [1.82, 2.24) is 9.97 Å². The van der Waals surface area contributed by atoms with Gasteiger partial charge < -0.3 is 10.1 Å². The molecular formula is C22H23N3O2S2. The average molecular weight is 426 g/mol. The lowest BCUT2D eigenvalue weighted by Crippen LogP contribution is -2.14. The van der Waals surface area contributed by atoms with Gasteiger partial charge in [0.1, 0.15) is 10.8 Å². The first-order valence-corrected chi connectivity index (χ1v) is 11.3. The Morgan fingerprint density at radius 1 is 1.03 bits per heavy atom. The first kappa shape index (κ1) is 21.2. The largest absolute Gasteiger partial charge is 0.494 e. The second-order valence-corrected chi connectivity index (χ2v) is 8.14. The standard InChI is InChI=1S/C22H23N3O2S2/c1-3-27-19-11-9-18(10-12-19)24-20(26)15-28-21-13-16(2)23-22(25-21)29-14-17-7-5-4-6-8-17/h4-13H,3,14-15H2,1-2H3,(H,24,26). The van der Waals surface area contributed by atoms with Gasteiger partial charge in [-0.25, -0.2) is 9.97 Å². The van der Waals surface area contributed by atoms with Crippen molar-refractivity contribution in [3.8, 4) is 5.75 Å².